The van der Waals surface area contributed by atoms with E-state index >= 15 is 0 Å². The van der Waals surface area contributed by atoms with Crippen molar-refractivity contribution in [3.63, 3.8) is 0 Å². The van der Waals surface area contributed by atoms with Crippen molar-refractivity contribution in [2.45, 2.75) is 24.3 Å². The SMILES string of the molecule is CCOc1ccc(S(=O)(=O)Nc2ccc(C(=O)OC3CCOC3=O)cc2)cc1. The molecule has 1 heterocycles. The summed E-state index contributed by atoms with van der Waals surface area (Å²) in [6, 6.07) is 11.7. The second kappa shape index (κ2) is 8.30. The van der Waals surface area contributed by atoms with Crippen LogP contribution in [0.3, 0.4) is 0 Å². The van der Waals surface area contributed by atoms with Gasteiger partial charge in [0.05, 0.1) is 23.7 Å². The van der Waals surface area contributed by atoms with Crippen molar-refractivity contribution in [2.75, 3.05) is 17.9 Å². The minimum absolute atomic E-state index is 0.0826. The van der Waals surface area contributed by atoms with Crippen LogP contribution in [0.5, 0.6) is 5.75 Å². The Labute approximate surface area is 162 Å². The lowest BCUT2D eigenvalue weighted by molar-refractivity contribution is -0.145. The van der Waals surface area contributed by atoms with Gasteiger partial charge >= 0.3 is 11.9 Å². The van der Waals surface area contributed by atoms with Crippen LogP contribution in [0.25, 0.3) is 0 Å². The fraction of sp³-hybridized carbons (Fsp3) is 0.263. The van der Waals surface area contributed by atoms with Crippen molar-refractivity contribution in [2.24, 2.45) is 0 Å². The first kappa shape index (κ1) is 19.7. The second-order valence-electron chi connectivity index (χ2n) is 5.94. The average molecular weight is 405 g/mol. The molecule has 1 atom stereocenters. The Balaban J connectivity index is 1.65. The zero-order valence-electron chi connectivity index (χ0n) is 15.1. The fourth-order valence-corrected chi connectivity index (χ4v) is 3.61. The number of cyclic esters (lactones) is 1. The largest absolute Gasteiger partial charge is 0.494 e. The number of hydrogen-bond donors (Lipinski definition) is 1. The molecule has 0 aromatic heterocycles. The zero-order valence-corrected chi connectivity index (χ0v) is 15.9. The molecule has 0 aliphatic carbocycles. The van der Waals surface area contributed by atoms with Gasteiger partial charge in [0, 0.05) is 12.1 Å². The van der Waals surface area contributed by atoms with E-state index in [1.807, 2.05) is 6.92 Å². The molecule has 3 rings (SSSR count). The van der Waals surface area contributed by atoms with Gasteiger partial charge < -0.3 is 14.2 Å². The summed E-state index contributed by atoms with van der Waals surface area (Å²) in [4.78, 5) is 23.5. The number of rotatable bonds is 7. The van der Waals surface area contributed by atoms with Crippen LogP contribution in [0.2, 0.25) is 0 Å². The molecule has 1 unspecified atom stereocenters. The van der Waals surface area contributed by atoms with Gasteiger partial charge in [-0.3, -0.25) is 4.72 Å². The molecule has 2 aromatic rings. The van der Waals surface area contributed by atoms with Crippen molar-refractivity contribution in [1.82, 2.24) is 0 Å². The van der Waals surface area contributed by atoms with Crippen LogP contribution in [0.1, 0.15) is 23.7 Å². The van der Waals surface area contributed by atoms with E-state index in [-0.39, 0.29) is 22.8 Å². The van der Waals surface area contributed by atoms with Crippen LogP contribution < -0.4 is 9.46 Å². The topological polar surface area (TPSA) is 108 Å². The highest BCUT2D eigenvalue weighted by Crippen LogP contribution is 2.20. The van der Waals surface area contributed by atoms with Crippen molar-refractivity contribution in [3.8, 4) is 5.75 Å². The smallest absolute Gasteiger partial charge is 0.347 e. The van der Waals surface area contributed by atoms with Crippen LogP contribution in [-0.4, -0.2) is 39.7 Å². The molecule has 28 heavy (non-hydrogen) atoms. The summed E-state index contributed by atoms with van der Waals surface area (Å²) in [5, 5.41) is 0. The molecule has 1 fully saturated rings. The van der Waals surface area contributed by atoms with Gasteiger partial charge in [0.2, 0.25) is 6.10 Å². The van der Waals surface area contributed by atoms with Crippen molar-refractivity contribution in [3.05, 3.63) is 54.1 Å². The Morgan fingerprint density at radius 2 is 1.82 bits per heavy atom. The van der Waals surface area contributed by atoms with Gasteiger partial charge in [-0.15, -0.1) is 0 Å². The number of carbonyl (C=O) groups excluding carboxylic acids is 2. The zero-order chi connectivity index (χ0) is 20.1. The highest BCUT2D eigenvalue weighted by molar-refractivity contribution is 7.92. The molecule has 0 spiro atoms. The standard InChI is InChI=1S/C19H19NO7S/c1-2-25-15-7-9-16(10-8-15)28(23,24)20-14-5-3-13(4-6-14)18(21)27-17-11-12-26-19(17)22/h3-10,17,20H,2,11-12H2,1H3. The molecule has 9 heteroatoms. The summed E-state index contributed by atoms with van der Waals surface area (Å²) >= 11 is 0. The van der Waals surface area contributed by atoms with E-state index in [9.17, 15) is 18.0 Å². The van der Waals surface area contributed by atoms with Crippen LogP contribution >= 0.6 is 0 Å². The minimum atomic E-state index is -3.79. The Kier molecular flexibility index (Phi) is 5.84. The number of nitrogens with one attached hydrogen (secondary N) is 1. The Bertz CT molecular complexity index is 953. The molecule has 0 saturated carbocycles. The van der Waals surface area contributed by atoms with Crippen molar-refractivity contribution < 1.29 is 32.2 Å². The van der Waals surface area contributed by atoms with E-state index in [1.54, 1.807) is 12.1 Å². The third kappa shape index (κ3) is 4.61. The molecule has 0 amide bonds. The molecule has 148 valence electrons. The average Bonchev–Trinajstić information content (AvgIpc) is 3.07. The molecule has 2 aromatic carbocycles. The maximum atomic E-state index is 12.5. The number of carbonyl (C=O) groups is 2. The Hall–Kier alpha value is -3.07. The molecule has 0 bridgehead atoms. The summed E-state index contributed by atoms with van der Waals surface area (Å²) in [5.41, 5.74) is 0.481. The number of ether oxygens (including phenoxy) is 3. The summed E-state index contributed by atoms with van der Waals surface area (Å²) < 4.78 is 42.5. The first-order chi connectivity index (χ1) is 13.4. The van der Waals surface area contributed by atoms with Gasteiger partial charge in [-0.1, -0.05) is 0 Å². The maximum absolute atomic E-state index is 12.5. The summed E-state index contributed by atoms with van der Waals surface area (Å²) in [6.45, 7) is 2.55. The Morgan fingerprint density at radius 1 is 1.14 bits per heavy atom. The lowest BCUT2D eigenvalue weighted by Crippen LogP contribution is -2.22. The normalized spacial score (nSPS) is 16.3. The number of esters is 2. The lowest BCUT2D eigenvalue weighted by Gasteiger charge is -2.11. The third-order valence-electron chi connectivity index (χ3n) is 3.95. The van der Waals surface area contributed by atoms with Gasteiger partial charge in [0.15, 0.2) is 0 Å². The number of anilines is 1. The number of hydrogen-bond acceptors (Lipinski definition) is 7. The van der Waals surface area contributed by atoms with E-state index in [0.717, 1.165) is 0 Å². The van der Waals surface area contributed by atoms with Crippen molar-refractivity contribution >= 4 is 27.6 Å². The molecule has 1 N–H and O–H groups in total. The molecule has 1 aliphatic heterocycles. The summed E-state index contributed by atoms with van der Waals surface area (Å²) in [7, 11) is -3.79. The van der Waals surface area contributed by atoms with E-state index in [4.69, 9.17) is 14.2 Å². The van der Waals surface area contributed by atoms with Crippen LogP contribution in [0.4, 0.5) is 5.69 Å². The second-order valence-corrected chi connectivity index (χ2v) is 7.62. The predicted octanol–water partition coefficient (Wildman–Crippen LogP) is 2.36. The lowest BCUT2D eigenvalue weighted by atomic mass is 10.2. The van der Waals surface area contributed by atoms with E-state index < -0.39 is 28.1 Å². The monoisotopic (exact) mass is 405 g/mol. The maximum Gasteiger partial charge on any atom is 0.347 e. The highest BCUT2D eigenvalue weighted by atomic mass is 32.2. The Morgan fingerprint density at radius 3 is 2.39 bits per heavy atom. The van der Waals surface area contributed by atoms with Crippen LogP contribution in [-0.2, 0) is 24.3 Å². The van der Waals surface area contributed by atoms with Gasteiger partial charge in [-0.25, -0.2) is 18.0 Å². The van der Waals surface area contributed by atoms with Gasteiger partial charge in [-0.05, 0) is 55.5 Å². The van der Waals surface area contributed by atoms with Gasteiger partial charge in [0.1, 0.15) is 5.75 Å². The number of sulfonamides is 1. The quantitative estimate of drug-likeness (QED) is 0.705. The fourth-order valence-electron chi connectivity index (χ4n) is 2.55. The molecule has 0 radical (unpaired) electrons. The summed E-state index contributed by atoms with van der Waals surface area (Å²) in [5.74, 6) is -0.659. The molecule has 8 nitrogen and oxygen atoms in total. The van der Waals surface area contributed by atoms with Gasteiger partial charge in [-0.2, -0.15) is 0 Å². The predicted molar refractivity (Wildman–Crippen MR) is 99.6 cm³/mol. The molecular formula is C19H19NO7S. The minimum Gasteiger partial charge on any atom is -0.494 e. The van der Waals surface area contributed by atoms with Crippen molar-refractivity contribution in [1.29, 1.82) is 0 Å². The molecule has 1 aliphatic rings. The van der Waals surface area contributed by atoms with Crippen LogP contribution in [0, 0.1) is 0 Å². The molecule has 1 saturated heterocycles. The third-order valence-corrected chi connectivity index (χ3v) is 5.35. The van der Waals surface area contributed by atoms with E-state index in [0.29, 0.717) is 18.8 Å². The summed E-state index contributed by atoms with van der Waals surface area (Å²) in [6.07, 6.45) is -0.574. The van der Waals surface area contributed by atoms with Crippen LogP contribution in [0.15, 0.2) is 53.4 Å². The highest BCUT2D eigenvalue weighted by Gasteiger charge is 2.30. The number of benzene rings is 2. The van der Waals surface area contributed by atoms with E-state index in [1.165, 1.54) is 36.4 Å². The first-order valence-corrected chi connectivity index (χ1v) is 10.1. The van der Waals surface area contributed by atoms with E-state index in [2.05, 4.69) is 4.72 Å². The molecular weight excluding hydrogens is 386 g/mol. The first-order valence-electron chi connectivity index (χ1n) is 8.62. The van der Waals surface area contributed by atoms with Gasteiger partial charge in [0.25, 0.3) is 10.0 Å².